The first kappa shape index (κ1) is 21.7. The van der Waals surface area contributed by atoms with Gasteiger partial charge in [-0.05, 0) is 48.4 Å². The summed E-state index contributed by atoms with van der Waals surface area (Å²) in [6.45, 7) is 2.46. The van der Waals surface area contributed by atoms with Gasteiger partial charge in [0.1, 0.15) is 5.75 Å². The summed E-state index contributed by atoms with van der Waals surface area (Å²) in [7, 11) is 1.64. The van der Waals surface area contributed by atoms with Crippen molar-refractivity contribution in [3.63, 3.8) is 0 Å². The lowest BCUT2D eigenvalue weighted by atomic mass is 10.2. The molecule has 0 fully saturated rings. The number of amides is 1. The quantitative estimate of drug-likeness (QED) is 0.287. The molecule has 31 heavy (non-hydrogen) atoms. The number of nitrogens with zero attached hydrogens (tertiary/aromatic N) is 2. The predicted octanol–water partition coefficient (Wildman–Crippen LogP) is 6.59. The molecule has 0 spiro atoms. The molecule has 4 aromatic rings. The number of fused-ring (bicyclic) bond motifs is 1. The summed E-state index contributed by atoms with van der Waals surface area (Å²) >= 11 is 9.36. The fraction of sp³-hybridized carbons (Fsp3) is 0.167. The summed E-state index contributed by atoms with van der Waals surface area (Å²) in [5, 5.41) is 1.32. The number of aryl methyl sites for hydroxylation is 1. The van der Waals surface area contributed by atoms with Crippen LogP contribution in [0.4, 0.5) is 5.13 Å². The molecular formula is C24H21ClN2O2S2. The number of carbonyl (C=O) groups excluding carboxylic acids is 1. The summed E-state index contributed by atoms with van der Waals surface area (Å²) in [6, 6.07) is 21.5. The Hall–Kier alpha value is -2.54. The van der Waals surface area contributed by atoms with Gasteiger partial charge in [0.05, 0.1) is 34.6 Å². The summed E-state index contributed by atoms with van der Waals surface area (Å²) in [6.07, 6.45) is 0. The van der Waals surface area contributed by atoms with Crippen molar-refractivity contribution in [3.05, 3.63) is 82.9 Å². The largest absolute Gasteiger partial charge is 0.497 e. The van der Waals surface area contributed by atoms with E-state index in [9.17, 15) is 4.79 Å². The number of thiazole rings is 1. The van der Waals surface area contributed by atoms with E-state index in [4.69, 9.17) is 21.3 Å². The van der Waals surface area contributed by atoms with Gasteiger partial charge < -0.3 is 4.74 Å². The number of thioether (sulfide) groups is 1. The number of hydrogen-bond acceptors (Lipinski definition) is 5. The molecule has 0 aliphatic carbocycles. The summed E-state index contributed by atoms with van der Waals surface area (Å²) < 4.78 is 6.11. The van der Waals surface area contributed by atoms with E-state index in [-0.39, 0.29) is 5.91 Å². The van der Waals surface area contributed by atoms with E-state index in [0.717, 1.165) is 32.0 Å². The van der Waals surface area contributed by atoms with Crippen molar-refractivity contribution < 1.29 is 9.53 Å². The lowest BCUT2D eigenvalue weighted by Crippen LogP contribution is -2.31. The van der Waals surface area contributed by atoms with Crippen LogP contribution in [0.15, 0.2) is 71.6 Å². The number of rotatable bonds is 7. The Bertz CT molecular complexity index is 1150. The minimum Gasteiger partial charge on any atom is -0.497 e. The van der Waals surface area contributed by atoms with E-state index >= 15 is 0 Å². The summed E-state index contributed by atoms with van der Waals surface area (Å²) in [5.41, 5.74) is 2.94. The van der Waals surface area contributed by atoms with Gasteiger partial charge >= 0.3 is 0 Å². The van der Waals surface area contributed by atoms with Crippen LogP contribution in [-0.4, -0.2) is 23.8 Å². The minimum atomic E-state index is -0.00231. The van der Waals surface area contributed by atoms with E-state index in [0.29, 0.717) is 22.5 Å². The Morgan fingerprint density at radius 3 is 2.52 bits per heavy atom. The molecule has 1 amide bonds. The Kier molecular flexibility index (Phi) is 6.80. The van der Waals surface area contributed by atoms with Crippen LogP contribution >= 0.6 is 34.7 Å². The van der Waals surface area contributed by atoms with Crippen LogP contribution < -0.4 is 9.64 Å². The lowest BCUT2D eigenvalue weighted by molar-refractivity contribution is -0.116. The zero-order valence-electron chi connectivity index (χ0n) is 17.2. The third kappa shape index (κ3) is 5.03. The average Bonchev–Trinajstić information content (AvgIpc) is 3.26. The van der Waals surface area contributed by atoms with Crippen molar-refractivity contribution in [2.75, 3.05) is 17.8 Å². The fourth-order valence-corrected chi connectivity index (χ4v) is 5.24. The molecule has 7 heteroatoms. The van der Waals surface area contributed by atoms with Crippen LogP contribution in [0.1, 0.15) is 11.1 Å². The molecule has 0 aliphatic rings. The first-order chi connectivity index (χ1) is 15.0. The molecule has 4 nitrogen and oxygen atoms in total. The number of carbonyl (C=O) groups is 1. The minimum absolute atomic E-state index is 0.00231. The predicted molar refractivity (Wildman–Crippen MR) is 131 cm³/mol. The molecule has 3 aromatic carbocycles. The van der Waals surface area contributed by atoms with Crippen LogP contribution in [0.25, 0.3) is 10.2 Å². The van der Waals surface area contributed by atoms with E-state index in [1.165, 1.54) is 23.1 Å². The molecule has 158 valence electrons. The Morgan fingerprint density at radius 1 is 1.10 bits per heavy atom. The molecule has 0 unspecified atom stereocenters. The number of aromatic nitrogens is 1. The molecule has 0 saturated heterocycles. The first-order valence-corrected chi connectivity index (χ1v) is 11.9. The van der Waals surface area contributed by atoms with Gasteiger partial charge in [0.2, 0.25) is 5.91 Å². The van der Waals surface area contributed by atoms with Gasteiger partial charge in [-0.25, -0.2) is 4.98 Å². The smallest absolute Gasteiger partial charge is 0.239 e. The highest BCUT2D eigenvalue weighted by atomic mass is 35.5. The first-order valence-electron chi connectivity index (χ1n) is 9.72. The van der Waals surface area contributed by atoms with Crippen LogP contribution in [0, 0.1) is 6.92 Å². The highest BCUT2D eigenvalue weighted by molar-refractivity contribution is 8.00. The maximum Gasteiger partial charge on any atom is 0.239 e. The van der Waals surface area contributed by atoms with Gasteiger partial charge in [-0.15, -0.1) is 11.8 Å². The second-order valence-electron chi connectivity index (χ2n) is 6.97. The average molecular weight is 469 g/mol. The molecule has 4 rings (SSSR count). The van der Waals surface area contributed by atoms with Crippen LogP contribution in [0.5, 0.6) is 5.75 Å². The molecule has 1 aromatic heterocycles. The van der Waals surface area contributed by atoms with Gasteiger partial charge in [0.15, 0.2) is 5.13 Å². The van der Waals surface area contributed by atoms with Crippen LogP contribution in [0.2, 0.25) is 5.02 Å². The summed E-state index contributed by atoms with van der Waals surface area (Å²) in [4.78, 5) is 20.9. The topological polar surface area (TPSA) is 42.4 Å². The number of ether oxygens (including phenoxy) is 1. The lowest BCUT2D eigenvalue weighted by Gasteiger charge is -2.20. The molecular weight excluding hydrogens is 448 g/mol. The number of methoxy groups -OCH3 is 1. The van der Waals surface area contributed by atoms with Crippen molar-refractivity contribution >= 4 is 56.0 Å². The van der Waals surface area contributed by atoms with Crippen molar-refractivity contribution in [1.82, 2.24) is 4.98 Å². The zero-order chi connectivity index (χ0) is 21.8. The molecule has 0 N–H and O–H groups in total. The third-order valence-electron chi connectivity index (χ3n) is 4.82. The van der Waals surface area contributed by atoms with Gasteiger partial charge in [-0.2, -0.15) is 0 Å². The van der Waals surface area contributed by atoms with Crippen molar-refractivity contribution in [2.24, 2.45) is 0 Å². The van der Waals surface area contributed by atoms with Gasteiger partial charge in [0.25, 0.3) is 0 Å². The number of benzene rings is 3. The molecule has 0 atom stereocenters. The summed E-state index contributed by atoms with van der Waals surface area (Å²) in [5.74, 6) is 1.10. The molecule has 1 heterocycles. The fourth-order valence-electron chi connectivity index (χ4n) is 3.13. The van der Waals surface area contributed by atoms with Crippen molar-refractivity contribution in [2.45, 2.75) is 18.4 Å². The Morgan fingerprint density at radius 2 is 1.84 bits per heavy atom. The maximum absolute atomic E-state index is 13.3. The van der Waals surface area contributed by atoms with Crippen molar-refractivity contribution in [3.8, 4) is 5.75 Å². The number of hydrogen-bond donors (Lipinski definition) is 0. The van der Waals surface area contributed by atoms with Crippen LogP contribution in [-0.2, 0) is 11.3 Å². The normalized spacial score (nSPS) is 10.9. The van der Waals surface area contributed by atoms with Gasteiger partial charge in [-0.1, -0.05) is 59.3 Å². The highest BCUT2D eigenvalue weighted by Crippen LogP contribution is 2.36. The molecule has 0 saturated carbocycles. The second kappa shape index (κ2) is 9.73. The SMILES string of the molecule is COc1ccc(SCC(=O)N(Cc2ccccc2)c2nc3c(C)ccc(Cl)c3s2)cc1. The van der Waals surface area contributed by atoms with E-state index in [1.807, 2.05) is 73.7 Å². The van der Waals surface area contributed by atoms with E-state index in [1.54, 1.807) is 12.0 Å². The molecule has 0 bridgehead atoms. The molecule has 0 aliphatic heterocycles. The second-order valence-corrected chi connectivity index (χ2v) is 9.40. The van der Waals surface area contributed by atoms with E-state index < -0.39 is 0 Å². The van der Waals surface area contributed by atoms with Gasteiger partial charge in [0, 0.05) is 4.90 Å². The standard InChI is InChI=1S/C24H21ClN2O2S2/c1-16-8-13-20(25)23-22(16)26-24(31-23)27(14-17-6-4-3-5-7-17)21(28)15-30-19-11-9-18(29-2)10-12-19/h3-13H,14-15H2,1-2H3. The van der Waals surface area contributed by atoms with Crippen molar-refractivity contribution in [1.29, 1.82) is 0 Å². The third-order valence-corrected chi connectivity index (χ3v) is 7.36. The van der Waals surface area contributed by atoms with Crippen LogP contribution in [0.3, 0.4) is 0 Å². The maximum atomic E-state index is 13.3. The molecule has 0 radical (unpaired) electrons. The Labute approximate surface area is 194 Å². The number of halogens is 1. The Balaban J connectivity index is 1.61. The zero-order valence-corrected chi connectivity index (χ0v) is 19.6. The van der Waals surface area contributed by atoms with Gasteiger partial charge in [-0.3, -0.25) is 9.69 Å². The highest BCUT2D eigenvalue weighted by Gasteiger charge is 2.22. The van der Waals surface area contributed by atoms with E-state index in [2.05, 4.69) is 0 Å². The monoisotopic (exact) mass is 468 g/mol. The number of anilines is 1.